The Balaban J connectivity index is 1.99. The molecule has 0 aromatic carbocycles. The van der Waals surface area contributed by atoms with Crippen molar-refractivity contribution in [2.75, 3.05) is 6.54 Å². The number of nitrogens with zero attached hydrogens (tertiary/aromatic N) is 1. The second-order valence-corrected chi connectivity index (χ2v) is 6.26. The molecule has 0 unspecified atom stereocenters. The molecule has 17 heavy (non-hydrogen) atoms. The highest BCUT2D eigenvalue weighted by Gasteiger charge is 2.41. The molecule has 2 rings (SSSR count). The molecular weight excluding hydrogens is 218 g/mol. The lowest BCUT2D eigenvalue weighted by Gasteiger charge is -2.41. The largest absolute Gasteiger partial charge is 0.388 e. The molecule has 1 aliphatic heterocycles. The first kappa shape index (κ1) is 12.6. The zero-order valence-electron chi connectivity index (χ0n) is 10.7. The summed E-state index contributed by atoms with van der Waals surface area (Å²) < 4.78 is 0. The average molecular weight is 239 g/mol. The van der Waals surface area contributed by atoms with Gasteiger partial charge in [-0.2, -0.15) is 0 Å². The van der Waals surface area contributed by atoms with E-state index in [1.165, 1.54) is 4.90 Å². The summed E-state index contributed by atoms with van der Waals surface area (Å²) in [7, 11) is 0. The lowest BCUT2D eigenvalue weighted by molar-refractivity contribution is -0.144. The SMILES string of the molecule is CC1(C)CCC(O)(CN2C(=O)CCC2=O)CC1. The third kappa shape index (κ3) is 2.68. The van der Waals surface area contributed by atoms with Crippen molar-refractivity contribution in [2.24, 2.45) is 5.41 Å². The maximum absolute atomic E-state index is 11.5. The highest BCUT2D eigenvalue weighted by molar-refractivity contribution is 6.01. The molecular formula is C13H21NO3. The zero-order chi connectivity index (χ0) is 12.7. The van der Waals surface area contributed by atoms with E-state index in [0.29, 0.717) is 25.7 Å². The fraction of sp³-hybridized carbons (Fsp3) is 0.846. The van der Waals surface area contributed by atoms with E-state index in [1.807, 2.05) is 0 Å². The van der Waals surface area contributed by atoms with Crippen LogP contribution in [0.3, 0.4) is 0 Å². The highest BCUT2D eigenvalue weighted by atomic mass is 16.3. The third-order valence-electron chi connectivity index (χ3n) is 4.14. The molecule has 96 valence electrons. The minimum atomic E-state index is -0.856. The topological polar surface area (TPSA) is 57.6 Å². The maximum Gasteiger partial charge on any atom is 0.229 e. The number of hydrogen-bond donors (Lipinski definition) is 1. The van der Waals surface area contributed by atoms with Crippen LogP contribution < -0.4 is 0 Å². The number of carbonyl (C=O) groups is 2. The molecule has 1 aliphatic carbocycles. The monoisotopic (exact) mass is 239 g/mol. The Kier molecular flexibility index (Phi) is 3.02. The Labute approximate surface area is 102 Å². The summed E-state index contributed by atoms with van der Waals surface area (Å²) >= 11 is 0. The van der Waals surface area contributed by atoms with Crippen LogP contribution in [0.2, 0.25) is 0 Å². The van der Waals surface area contributed by atoms with Gasteiger partial charge in [0.25, 0.3) is 0 Å². The maximum atomic E-state index is 11.5. The molecule has 2 amide bonds. The molecule has 4 heteroatoms. The summed E-state index contributed by atoms with van der Waals surface area (Å²) in [6.07, 6.45) is 3.86. The van der Waals surface area contributed by atoms with E-state index in [0.717, 1.165) is 12.8 Å². The molecule has 2 fully saturated rings. The summed E-state index contributed by atoms with van der Waals surface area (Å²) in [5, 5.41) is 10.5. The quantitative estimate of drug-likeness (QED) is 0.742. The van der Waals surface area contributed by atoms with E-state index in [2.05, 4.69) is 13.8 Å². The number of imide groups is 1. The summed E-state index contributed by atoms with van der Waals surface area (Å²) in [5.74, 6) is -0.262. The van der Waals surface area contributed by atoms with E-state index in [4.69, 9.17) is 0 Å². The van der Waals surface area contributed by atoms with Crippen LogP contribution in [0.1, 0.15) is 52.4 Å². The van der Waals surface area contributed by atoms with Crippen molar-refractivity contribution in [3.8, 4) is 0 Å². The Hall–Kier alpha value is -0.900. The highest BCUT2D eigenvalue weighted by Crippen LogP contribution is 2.40. The van der Waals surface area contributed by atoms with E-state index < -0.39 is 5.60 Å². The van der Waals surface area contributed by atoms with Gasteiger partial charge >= 0.3 is 0 Å². The summed E-state index contributed by atoms with van der Waals surface area (Å²) in [4.78, 5) is 24.3. The van der Waals surface area contributed by atoms with Crippen molar-refractivity contribution in [3.63, 3.8) is 0 Å². The minimum absolute atomic E-state index is 0.131. The van der Waals surface area contributed by atoms with Crippen LogP contribution in [0.15, 0.2) is 0 Å². The number of aliphatic hydroxyl groups is 1. The van der Waals surface area contributed by atoms with Crippen LogP contribution in [0.4, 0.5) is 0 Å². The van der Waals surface area contributed by atoms with Crippen molar-refractivity contribution in [2.45, 2.75) is 58.0 Å². The molecule has 1 saturated heterocycles. The van der Waals surface area contributed by atoms with Crippen molar-refractivity contribution in [3.05, 3.63) is 0 Å². The van der Waals surface area contributed by atoms with Crippen molar-refractivity contribution in [1.82, 2.24) is 4.90 Å². The average Bonchev–Trinajstić information content (AvgIpc) is 2.55. The van der Waals surface area contributed by atoms with E-state index >= 15 is 0 Å². The van der Waals surface area contributed by atoms with Gasteiger partial charge in [0.2, 0.25) is 11.8 Å². The molecule has 1 saturated carbocycles. The Morgan fingerprint density at radius 1 is 1.06 bits per heavy atom. The summed E-state index contributed by atoms with van der Waals surface area (Å²) in [5.41, 5.74) is -0.587. The fourth-order valence-electron chi connectivity index (χ4n) is 2.64. The van der Waals surface area contributed by atoms with Gasteiger partial charge in [-0.1, -0.05) is 13.8 Å². The summed E-state index contributed by atoms with van der Waals surface area (Å²) in [6.45, 7) is 4.58. The van der Waals surface area contributed by atoms with Gasteiger partial charge in [-0.05, 0) is 31.1 Å². The Bertz CT molecular complexity index is 323. The second kappa shape index (κ2) is 4.09. The zero-order valence-corrected chi connectivity index (χ0v) is 10.7. The number of amides is 2. The molecule has 4 nitrogen and oxygen atoms in total. The fourth-order valence-corrected chi connectivity index (χ4v) is 2.64. The van der Waals surface area contributed by atoms with Crippen LogP contribution in [0, 0.1) is 5.41 Å². The smallest absolute Gasteiger partial charge is 0.229 e. The van der Waals surface area contributed by atoms with Crippen molar-refractivity contribution < 1.29 is 14.7 Å². The first-order chi connectivity index (χ1) is 7.81. The Morgan fingerprint density at radius 3 is 2.00 bits per heavy atom. The molecule has 0 aromatic rings. The van der Waals surface area contributed by atoms with Gasteiger partial charge in [-0.15, -0.1) is 0 Å². The predicted octanol–water partition coefficient (Wildman–Crippen LogP) is 1.47. The number of hydrogen-bond acceptors (Lipinski definition) is 3. The van der Waals surface area contributed by atoms with Gasteiger partial charge in [0.15, 0.2) is 0 Å². The second-order valence-electron chi connectivity index (χ2n) is 6.26. The number of rotatable bonds is 2. The van der Waals surface area contributed by atoms with Crippen LogP contribution >= 0.6 is 0 Å². The first-order valence-corrected chi connectivity index (χ1v) is 6.37. The molecule has 0 aromatic heterocycles. The Morgan fingerprint density at radius 2 is 1.53 bits per heavy atom. The molecule has 1 heterocycles. The van der Waals surface area contributed by atoms with Crippen LogP contribution in [-0.4, -0.2) is 34.0 Å². The van der Waals surface area contributed by atoms with Gasteiger partial charge < -0.3 is 5.11 Å². The van der Waals surface area contributed by atoms with Gasteiger partial charge in [0.1, 0.15) is 0 Å². The normalized spacial score (nSPS) is 27.6. The van der Waals surface area contributed by atoms with E-state index in [1.54, 1.807) is 0 Å². The van der Waals surface area contributed by atoms with Crippen LogP contribution in [0.5, 0.6) is 0 Å². The molecule has 0 spiro atoms. The lowest BCUT2D eigenvalue weighted by atomic mass is 9.71. The molecule has 1 N–H and O–H groups in total. The number of likely N-dealkylation sites (tertiary alicyclic amines) is 1. The van der Waals surface area contributed by atoms with Gasteiger partial charge in [0.05, 0.1) is 12.1 Å². The van der Waals surface area contributed by atoms with Crippen molar-refractivity contribution in [1.29, 1.82) is 0 Å². The lowest BCUT2D eigenvalue weighted by Crippen LogP contribution is -2.48. The predicted molar refractivity (Wildman–Crippen MR) is 63.2 cm³/mol. The van der Waals surface area contributed by atoms with Gasteiger partial charge in [-0.25, -0.2) is 0 Å². The van der Waals surface area contributed by atoms with E-state index in [-0.39, 0.29) is 23.8 Å². The van der Waals surface area contributed by atoms with Crippen molar-refractivity contribution >= 4 is 11.8 Å². The number of carbonyl (C=O) groups excluding carboxylic acids is 2. The summed E-state index contributed by atoms with van der Waals surface area (Å²) in [6, 6.07) is 0. The molecule has 0 radical (unpaired) electrons. The molecule has 2 aliphatic rings. The number of β-amino-alcohol motifs (C(OH)–C–C–N with tert-alkyl or cyclic N) is 1. The van der Waals surface area contributed by atoms with E-state index in [9.17, 15) is 14.7 Å². The van der Waals surface area contributed by atoms with Crippen LogP contribution in [-0.2, 0) is 9.59 Å². The van der Waals surface area contributed by atoms with Gasteiger partial charge in [0, 0.05) is 12.8 Å². The third-order valence-corrected chi connectivity index (χ3v) is 4.14. The molecule has 0 atom stereocenters. The van der Waals surface area contributed by atoms with Gasteiger partial charge in [-0.3, -0.25) is 14.5 Å². The molecule has 0 bridgehead atoms. The minimum Gasteiger partial charge on any atom is -0.388 e. The first-order valence-electron chi connectivity index (χ1n) is 6.37. The van der Waals surface area contributed by atoms with Crippen LogP contribution in [0.25, 0.3) is 0 Å². The standard InChI is InChI=1S/C13H21NO3/c1-12(2)5-7-13(17,8-6-12)9-14-10(15)3-4-11(14)16/h17H,3-9H2,1-2H3.